The molecule has 164 valence electrons. The summed E-state index contributed by atoms with van der Waals surface area (Å²) in [4.78, 5) is 2.60. The van der Waals surface area contributed by atoms with Crippen LogP contribution in [0.1, 0.15) is 5.56 Å². The maximum atomic E-state index is 12.9. The smallest absolute Gasteiger partial charge is 0.299 e. The SMILES string of the molecule is Cc1ccc(S(=O)(=O)N=Nc2c(O)[nH]c3ccc(S(=O)(=O)N4CCOCC4)cc23)cc1. The highest BCUT2D eigenvalue weighted by atomic mass is 32.2. The van der Waals surface area contributed by atoms with Gasteiger partial charge < -0.3 is 14.8 Å². The zero-order chi connectivity index (χ0) is 22.2. The van der Waals surface area contributed by atoms with Crippen LogP contribution >= 0.6 is 0 Å². The molecule has 0 atom stereocenters. The van der Waals surface area contributed by atoms with Crippen molar-refractivity contribution in [3.63, 3.8) is 0 Å². The standard InChI is InChI=1S/C19H20N4O6S2/c1-13-2-4-14(5-3-13)30(25,26)22-21-18-16-12-15(6-7-17(16)20-19(18)24)31(27,28)23-8-10-29-11-9-23/h2-7,12,20,24H,8-11H2,1H3. The van der Waals surface area contributed by atoms with Crippen molar-refractivity contribution in [1.82, 2.24) is 9.29 Å². The van der Waals surface area contributed by atoms with Crippen LogP contribution in [0.2, 0.25) is 0 Å². The predicted octanol–water partition coefficient (Wildman–Crippen LogP) is 2.68. The monoisotopic (exact) mass is 464 g/mol. The van der Waals surface area contributed by atoms with Crippen molar-refractivity contribution in [2.75, 3.05) is 26.3 Å². The Labute approximate surface area is 179 Å². The third-order valence-corrected chi connectivity index (χ3v) is 7.96. The van der Waals surface area contributed by atoms with E-state index in [-0.39, 0.29) is 34.0 Å². The number of rotatable bonds is 5. The second kappa shape index (κ2) is 8.04. The third-order valence-electron chi connectivity index (χ3n) is 4.90. The Hall–Kier alpha value is -2.80. The number of aromatic amines is 1. The Morgan fingerprint density at radius 2 is 1.65 bits per heavy atom. The van der Waals surface area contributed by atoms with Crippen molar-refractivity contribution in [3.8, 4) is 5.88 Å². The molecule has 1 fully saturated rings. The molecular weight excluding hydrogens is 444 g/mol. The lowest BCUT2D eigenvalue weighted by Crippen LogP contribution is -2.40. The van der Waals surface area contributed by atoms with Crippen molar-refractivity contribution in [1.29, 1.82) is 0 Å². The summed E-state index contributed by atoms with van der Waals surface area (Å²) in [5, 5.41) is 14.2. The van der Waals surface area contributed by atoms with E-state index in [0.717, 1.165) is 5.56 Å². The molecule has 1 aliphatic rings. The van der Waals surface area contributed by atoms with Crippen LogP contribution < -0.4 is 0 Å². The summed E-state index contributed by atoms with van der Waals surface area (Å²) in [6.45, 7) is 2.91. The van der Waals surface area contributed by atoms with Gasteiger partial charge in [0.15, 0.2) is 5.69 Å². The van der Waals surface area contributed by atoms with Gasteiger partial charge in [-0.15, -0.1) is 5.11 Å². The number of fused-ring (bicyclic) bond motifs is 1. The lowest BCUT2D eigenvalue weighted by molar-refractivity contribution is 0.0730. The minimum Gasteiger partial charge on any atom is -0.493 e. The molecule has 31 heavy (non-hydrogen) atoms. The molecule has 0 unspecified atom stereocenters. The number of hydrogen-bond acceptors (Lipinski definition) is 7. The summed E-state index contributed by atoms with van der Waals surface area (Å²) in [5.74, 6) is -0.418. The molecule has 0 saturated carbocycles. The zero-order valence-corrected chi connectivity index (χ0v) is 18.1. The molecule has 10 nitrogen and oxygen atoms in total. The van der Waals surface area contributed by atoms with Gasteiger partial charge >= 0.3 is 0 Å². The van der Waals surface area contributed by atoms with Gasteiger partial charge in [-0.2, -0.15) is 12.7 Å². The van der Waals surface area contributed by atoms with Crippen LogP contribution in [0.5, 0.6) is 5.88 Å². The summed E-state index contributed by atoms with van der Waals surface area (Å²) < 4.78 is 60.7. The molecule has 2 aromatic carbocycles. The quantitative estimate of drug-likeness (QED) is 0.556. The molecular formula is C19H20N4O6S2. The predicted molar refractivity (Wildman–Crippen MR) is 112 cm³/mol. The number of sulfonamides is 2. The van der Waals surface area contributed by atoms with Crippen LogP contribution in [0.3, 0.4) is 0 Å². The van der Waals surface area contributed by atoms with Crippen LogP contribution in [0.4, 0.5) is 5.69 Å². The maximum Gasteiger partial charge on any atom is 0.299 e. The molecule has 0 amide bonds. The molecule has 2 heterocycles. The Morgan fingerprint density at radius 1 is 1.00 bits per heavy atom. The third kappa shape index (κ3) is 4.19. The van der Waals surface area contributed by atoms with Gasteiger partial charge in [0.05, 0.1) is 28.5 Å². The number of aromatic nitrogens is 1. The van der Waals surface area contributed by atoms with E-state index in [9.17, 15) is 21.9 Å². The molecule has 12 heteroatoms. The van der Waals surface area contributed by atoms with Crippen molar-refractivity contribution >= 4 is 36.6 Å². The lowest BCUT2D eigenvalue weighted by atomic mass is 10.2. The van der Waals surface area contributed by atoms with Gasteiger partial charge in [0.25, 0.3) is 10.0 Å². The molecule has 3 aromatic rings. The number of nitrogens with one attached hydrogen (secondary N) is 1. The number of benzene rings is 2. The Morgan fingerprint density at radius 3 is 2.32 bits per heavy atom. The number of hydrogen-bond donors (Lipinski definition) is 2. The molecule has 0 radical (unpaired) electrons. The van der Waals surface area contributed by atoms with Crippen LogP contribution in [0, 0.1) is 6.92 Å². The van der Waals surface area contributed by atoms with Crippen molar-refractivity contribution in [2.24, 2.45) is 9.63 Å². The summed E-state index contributed by atoms with van der Waals surface area (Å²) in [5.41, 5.74) is 1.11. The van der Waals surface area contributed by atoms with E-state index < -0.39 is 25.9 Å². The highest BCUT2D eigenvalue weighted by Crippen LogP contribution is 2.37. The molecule has 1 aliphatic heterocycles. The number of ether oxygens (including phenoxy) is 1. The molecule has 2 N–H and O–H groups in total. The topological polar surface area (TPSA) is 141 Å². The van der Waals surface area contributed by atoms with Gasteiger partial charge in [0, 0.05) is 18.5 Å². The van der Waals surface area contributed by atoms with Gasteiger partial charge in [-0.25, -0.2) is 8.42 Å². The minimum atomic E-state index is -4.10. The Kier molecular flexibility index (Phi) is 5.56. The van der Waals surface area contributed by atoms with E-state index in [1.165, 1.54) is 34.6 Å². The van der Waals surface area contributed by atoms with Crippen LogP contribution in [0.25, 0.3) is 10.9 Å². The fourth-order valence-electron chi connectivity index (χ4n) is 3.19. The first-order chi connectivity index (χ1) is 14.7. The van der Waals surface area contributed by atoms with Gasteiger partial charge in [0.2, 0.25) is 15.9 Å². The highest BCUT2D eigenvalue weighted by Gasteiger charge is 2.27. The van der Waals surface area contributed by atoms with Gasteiger partial charge in [0.1, 0.15) is 0 Å². The average molecular weight is 465 g/mol. The van der Waals surface area contributed by atoms with E-state index in [1.807, 2.05) is 6.92 Å². The summed E-state index contributed by atoms with van der Waals surface area (Å²) in [7, 11) is -7.89. The molecule has 0 aliphatic carbocycles. The molecule has 0 spiro atoms. The first kappa shape index (κ1) is 21.4. The van der Waals surface area contributed by atoms with E-state index in [4.69, 9.17) is 4.74 Å². The van der Waals surface area contributed by atoms with Gasteiger partial charge in [-0.05, 0) is 37.3 Å². The molecule has 4 rings (SSSR count). The van der Waals surface area contributed by atoms with E-state index in [1.54, 1.807) is 12.1 Å². The first-order valence-corrected chi connectivity index (χ1v) is 12.2. The lowest BCUT2D eigenvalue weighted by Gasteiger charge is -2.26. The van der Waals surface area contributed by atoms with Crippen LogP contribution in [-0.4, -0.2) is 57.5 Å². The number of aryl methyl sites for hydroxylation is 1. The van der Waals surface area contributed by atoms with Crippen LogP contribution in [0.15, 0.2) is 61.9 Å². The highest BCUT2D eigenvalue weighted by molar-refractivity contribution is 7.90. The Bertz CT molecular complexity index is 1360. The second-order valence-corrected chi connectivity index (χ2v) is 10.5. The number of nitrogens with zero attached hydrogens (tertiary/aromatic N) is 3. The fraction of sp³-hybridized carbons (Fsp3) is 0.263. The molecule has 1 aromatic heterocycles. The van der Waals surface area contributed by atoms with E-state index >= 15 is 0 Å². The first-order valence-electron chi connectivity index (χ1n) is 9.36. The van der Waals surface area contributed by atoms with Crippen molar-refractivity contribution in [3.05, 3.63) is 48.0 Å². The molecule has 1 saturated heterocycles. The molecule has 0 bridgehead atoms. The van der Waals surface area contributed by atoms with E-state index in [0.29, 0.717) is 18.7 Å². The minimum absolute atomic E-state index is 0.00117. The van der Waals surface area contributed by atoms with Gasteiger partial charge in [-0.3, -0.25) is 0 Å². The normalized spacial score (nSPS) is 16.3. The largest absolute Gasteiger partial charge is 0.493 e. The average Bonchev–Trinajstić information content (AvgIpc) is 3.07. The fourth-order valence-corrected chi connectivity index (χ4v) is 5.39. The number of aromatic hydroxyl groups is 1. The van der Waals surface area contributed by atoms with Crippen molar-refractivity contribution in [2.45, 2.75) is 16.7 Å². The van der Waals surface area contributed by atoms with Crippen LogP contribution in [-0.2, 0) is 24.8 Å². The maximum absolute atomic E-state index is 12.9. The second-order valence-electron chi connectivity index (χ2n) is 7.02. The Balaban J connectivity index is 1.73. The summed E-state index contributed by atoms with van der Waals surface area (Å²) >= 11 is 0. The zero-order valence-electron chi connectivity index (χ0n) is 16.5. The number of morpholine rings is 1. The van der Waals surface area contributed by atoms with Crippen molar-refractivity contribution < 1.29 is 26.7 Å². The van der Waals surface area contributed by atoms with Gasteiger partial charge in [-0.1, -0.05) is 22.2 Å². The summed E-state index contributed by atoms with van der Waals surface area (Å²) in [6.07, 6.45) is 0. The summed E-state index contributed by atoms with van der Waals surface area (Å²) in [6, 6.07) is 10.3. The number of H-pyrrole nitrogens is 1. The van der Waals surface area contributed by atoms with E-state index in [2.05, 4.69) is 14.6 Å².